The lowest BCUT2D eigenvalue weighted by Gasteiger charge is -2.09. The molecule has 0 aliphatic rings. The summed E-state index contributed by atoms with van der Waals surface area (Å²) in [5.74, 6) is 2.01. The average molecular weight is 243 g/mol. The van der Waals surface area contributed by atoms with Crippen molar-refractivity contribution in [1.29, 1.82) is 5.26 Å². The SMILES string of the molecule is COc1ccc(-c2ncc(C#N)n2C)cc1OC. The van der Waals surface area contributed by atoms with Crippen LogP contribution in [-0.4, -0.2) is 23.8 Å². The summed E-state index contributed by atoms with van der Waals surface area (Å²) in [5.41, 5.74) is 1.39. The third-order valence-electron chi connectivity index (χ3n) is 2.74. The zero-order valence-corrected chi connectivity index (χ0v) is 10.5. The fourth-order valence-electron chi connectivity index (χ4n) is 1.76. The van der Waals surface area contributed by atoms with Gasteiger partial charge in [-0.05, 0) is 18.2 Å². The van der Waals surface area contributed by atoms with Crippen LogP contribution in [0.5, 0.6) is 11.5 Å². The summed E-state index contributed by atoms with van der Waals surface area (Å²) in [6.45, 7) is 0. The monoisotopic (exact) mass is 243 g/mol. The number of nitriles is 1. The van der Waals surface area contributed by atoms with Crippen molar-refractivity contribution >= 4 is 0 Å². The summed E-state index contributed by atoms with van der Waals surface area (Å²) in [5, 5.41) is 8.91. The molecule has 1 aromatic carbocycles. The van der Waals surface area contributed by atoms with Crippen LogP contribution in [0.15, 0.2) is 24.4 Å². The Hall–Kier alpha value is -2.48. The molecule has 1 aromatic heterocycles. The van der Waals surface area contributed by atoms with Gasteiger partial charge in [0.05, 0.1) is 20.4 Å². The molecule has 5 heteroatoms. The molecule has 2 aromatic rings. The van der Waals surface area contributed by atoms with E-state index in [2.05, 4.69) is 11.1 Å². The fourth-order valence-corrected chi connectivity index (χ4v) is 1.76. The van der Waals surface area contributed by atoms with Gasteiger partial charge in [-0.3, -0.25) is 0 Å². The van der Waals surface area contributed by atoms with Crippen LogP contribution in [0.4, 0.5) is 0 Å². The van der Waals surface area contributed by atoms with Gasteiger partial charge in [0.15, 0.2) is 11.5 Å². The second-order valence-electron chi connectivity index (χ2n) is 3.71. The molecule has 1 heterocycles. The topological polar surface area (TPSA) is 60.1 Å². The standard InChI is InChI=1S/C13H13N3O2/c1-16-10(7-14)8-15-13(16)9-4-5-11(17-2)12(6-9)18-3/h4-6,8H,1-3H3. The second kappa shape index (κ2) is 4.80. The number of methoxy groups -OCH3 is 2. The number of benzene rings is 1. The molecule has 0 amide bonds. The van der Waals surface area contributed by atoms with E-state index in [1.807, 2.05) is 18.2 Å². The van der Waals surface area contributed by atoms with Crippen molar-refractivity contribution in [1.82, 2.24) is 9.55 Å². The van der Waals surface area contributed by atoms with Crippen molar-refractivity contribution in [2.75, 3.05) is 14.2 Å². The van der Waals surface area contributed by atoms with E-state index in [1.54, 1.807) is 32.0 Å². The number of hydrogen-bond acceptors (Lipinski definition) is 4. The van der Waals surface area contributed by atoms with E-state index in [0.717, 1.165) is 5.56 Å². The molecule has 0 spiro atoms. The molecule has 92 valence electrons. The van der Waals surface area contributed by atoms with E-state index in [1.165, 1.54) is 0 Å². The molecule has 0 bridgehead atoms. The van der Waals surface area contributed by atoms with Gasteiger partial charge in [-0.15, -0.1) is 0 Å². The molecule has 0 radical (unpaired) electrons. The van der Waals surface area contributed by atoms with E-state index in [0.29, 0.717) is 23.0 Å². The van der Waals surface area contributed by atoms with E-state index >= 15 is 0 Å². The lowest BCUT2D eigenvalue weighted by Crippen LogP contribution is -1.96. The van der Waals surface area contributed by atoms with Gasteiger partial charge >= 0.3 is 0 Å². The summed E-state index contributed by atoms with van der Waals surface area (Å²) < 4.78 is 12.2. The average Bonchev–Trinajstić information content (AvgIpc) is 2.79. The van der Waals surface area contributed by atoms with E-state index in [-0.39, 0.29) is 0 Å². The van der Waals surface area contributed by atoms with Crippen molar-refractivity contribution in [3.63, 3.8) is 0 Å². The first-order chi connectivity index (χ1) is 8.71. The van der Waals surface area contributed by atoms with E-state index in [9.17, 15) is 0 Å². The van der Waals surface area contributed by atoms with Crippen LogP contribution in [-0.2, 0) is 7.05 Å². The van der Waals surface area contributed by atoms with Crippen LogP contribution in [0, 0.1) is 11.3 Å². The van der Waals surface area contributed by atoms with E-state index in [4.69, 9.17) is 14.7 Å². The largest absolute Gasteiger partial charge is 0.493 e. The van der Waals surface area contributed by atoms with E-state index < -0.39 is 0 Å². The molecule has 18 heavy (non-hydrogen) atoms. The number of aromatic nitrogens is 2. The molecule has 0 atom stereocenters. The highest BCUT2D eigenvalue weighted by atomic mass is 16.5. The van der Waals surface area contributed by atoms with Crippen molar-refractivity contribution in [3.05, 3.63) is 30.1 Å². The normalized spacial score (nSPS) is 9.89. The minimum Gasteiger partial charge on any atom is -0.493 e. The molecule has 0 saturated heterocycles. The van der Waals surface area contributed by atoms with Gasteiger partial charge in [0.2, 0.25) is 0 Å². The first-order valence-corrected chi connectivity index (χ1v) is 5.35. The number of nitrogens with zero attached hydrogens (tertiary/aromatic N) is 3. The predicted octanol–water partition coefficient (Wildman–Crippen LogP) is 1.98. The van der Waals surface area contributed by atoms with Gasteiger partial charge in [-0.1, -0.05) is 0 Å². The highest BCUT2D eigenvalue weighted by Gasteiger charge is 2.11. The highest BCUT2D eigenvalue weighted by Crippen LogP contribution is 2.31. The van der Waals surface area contributed by atoms with Gasteiger partial charge in [0.1, 0.15) is 17.6 Å². The summed E-state index contributed by atoms with van der Waals surface area (Å²) in [7, 11) is 4.98. The molecule has 5 nitrogen and oxygen atoms in total. The Morgan fingerprint density at radius 3 is 2.50 bits per heavy atom. The minimum absolute atomic E-state index is 0.514. The lowest BCUT2D eigenvalue weighted by molar-refractivity contribution is 0.355. The summed E-state index contributed by atoms with van der Waals surface area (Å²) in [6, 6.07) is 7.61. The maximum atomic E-state index is 8.91. The lowest BCUT2D eigenvalue weighted by atomic mass is 10.2. The van der Waals surface area contributed by atoms with Crippen LogP contribution in [0.1, 0.15) is 5.69 Å². The minimum atomic E-state index is 0.514. The van der Waals surface area contributed by atoms with Crippen molar-refractivity contribution in [3.8, 4) is 29.0 Å². The number of hydrogen-bond donors (Lipinski definition) is 0. The molecular formula is C13H13N3O2. The first kappa shape index (κ1) is 12.0. The van der Waals surface area contributed by atoms with Crippen LogP contribution < -0.4 is 9.47 Å². The summed E-state index contributed by atoms with van der Waals surface area (Å²) in [6.07, 6.45) is 1.55. The third-order valence-corrected chi connectivity index (χ3v) is 2.74. The van der Waals surface area contributed by atoms with Gasteiger partial charge in [0, 0.05) is 12.6 Å². The molecule has 0 unspecified atom stereocenters. The van der Waals surface area contributed by atoms with Crippen LogP contribution in [0.2, 0.25) is 0 Å². The number of imidazole rings is 1. The smallest absolute Gasteiger partial charge is 0.161 e. The molecule has 0 aliphatic carbocycles. The van der Waals surface area contributed by atoms with Gasteiger partial charge < -0.3 is 14.0 Å². The van der Waals surface area contributed by atoms with Gasteiger partial charge in [0.25, 0.3) is 0 Å². The Kier molecular flexibility index (Phi) is 3.20. The first-order valence-electron chi connectivity index (χ1n) is 5.35. The van der Waals surface area contributed by atoms with Crippen LogP contribution in [0.25, 0.3) is 11.4 Å². The summed E-state index contributed by atoms with van der Waals surface area (Å²) >= 11 is 0. The van der Waals surface area contributed by atoms with Gasteiger partial charge in [-0.25, -0.2) is 4.98 Å². The quantitative estimate of drug-likeness (QED) is 0.827. The summed E-state index contributed by atoms with van der Waals surface area (Å²) in [4.78, 5) is 4.23. The molecular weight excluding hydrogens is 230 g/mol. The Morgan fingerprint density at radius 2 is 1.94 bits per heavy atom. The Balaban J connectivity index is 2.51. The highest BCUT2D eigenvalue weighted by molar-refractivity contribution is 5.62. The van der Waals surface area contributed by atoms with Gasteiger partial charge in [-0.2, -0.15) is 5.26 Å². The Bertz CT molecular complexity index is 611. The van der Waals surface area contributed by atoms with Crippen molar-refractivity contribution < 1.29 is 9.47 Å². The van der Waals surface area contributed by atoms with Crippen molar-refractivity contribution in [2.24, 2.45) is 7.05 Å². The second-order valence-corrected chi connectivity index (χ2v) is 3.71. The predicted molar refractivity (Wildman–Crippen MR) is 66.5 cm³/mol. The number of rotatable bonds is 3. The third kappa shape index (κ3) is 1.89. The molecule has 0 N–H and O–H groups in total. The molecule has 0 aliphatic heterocycles. The van der Waals surface area contributed by atoms with Crippen LogP contribution in [0.3, 0.4) is 0 Å². The Morgan fingerprint density at radius 1 is 1.22 bits per heavy atom. The fraction of sp³-hybridized carbons (Fsp3) is 0.231. The molecule has 0 fully saturated rings. The molecule has 0 saturated carbocycles. The molecule has 2 rings (SSSR count). The Labute approximate surface area is 105 Å². The number of ether oxygens (including phenoxy) is 2. The van der Waals surface area contributed by atoms with Crippen molar-refractivity contribution in [2.45, 2.75) is 0 Å². The maximum Gasteiger partial charge on any atom is 0.161 e. The maximum absolute atomic E-state index is 8.91. The zero-order chi connectivity index (χ0) is 13.1. The zero-order valence-electron chi connectivity index (χ0n) is 10.5. The van der Waals surface area contributed by atoms with Crippen LogP contribution >= 0.6 is 0 Å².